The first-order chi connectivity index (χ1) is 8.83. The molecular formula is C13H23ClN3O2+. The number of hydrogen-bond donors (Lipinski definition) is 3. The van der Waals surface area contributed by atoms with Crippen molar-refractivity contribution >= 4 is 23.0 Å². The lowest BCUT2D eigenvalue weighted by Crippen LogP contribution is -2.38. The zero-order chi connectivity index (χ0) is 14.5. The number of rotatable bonds is 7. The Kier molecular flexibility index (Phi) is 5.72. The second-order valence-electron chi connectivity index (χ2n) is 5.38. The van der Waals surface area contributed by atoms with Gasteiger partial charge in [0.25, 0.3) is 0 Å². The summed E-state index contributed by atoms with van der Waals surface area (Å²) in [6.45, 7) is 1.93. The topological polar surface area (TPSA) is 67.5 Å². The van der Waals surface area contributed by atoms with Crippen molar-refractivity contribution in [2.45, 2.75) is 0 Å². The summed E-state index contributed by atoms with van der Waals surface area (Å²) in [5.74, 6) is 0.526. The van der Waals surface area contributed by atoms with Gasteiger partial charge in [0, 0.05) is 6.07 Å². The lowest BCUT2D eigenvalue weighted by atomic mass is 10.2. The number of nitrogen functional groups attached to an aromatic ring is 1. The van der Waals surface area contributed by atoms with Gasteiger partial charge in [-0.25, -0.2) is 0 Å². The summed E-state index contributed by atoms with van der Waals surface area (Å²) in [4.78, 5) is 0. The number of nitrogens with two attached hydrogens (primary N) is 1. The van der Waals surface area contributed by atoms with Crippen molar-refractivity contribution in [3.05, 3.63) is 17.2 Å². The Morgan fingerprint density at radius 2 is 2.05 bits per heavy atom. The van der Waals surface area contributed by atoms with Gasteiger partial charge in [0.2, 0.25) is 0 Å². The molecule has 19 heavy (non-hydrogen) atoms. The summed E-state index contributed by atoms with van der Waals surface area (Å²) in [7, 11) is 6.38. The molecule has 108 valence electrons. The van der Waals surface area contributed by atoms with Crippen molar-refractivity contribution < 1.29 is 14.3 Å². The molecule has 0 bridgehead atoms. The molecule has 0 aromatic heterocycles. The van der Waals surface area contributed by atoms with Crippen LogP contribution in [-0.2, 0) is 0 Å². The van der Waals surface area contributed by atoms with Gasteiger partial charge in [-0.15, -0.1) is 0 Å². The number of benzene rings is 1. The number of anilines is 2. The van der Waals surface area contributed by atoms with Crippen molar-refractivity contribution in [2.75, 3.05) is 58.5 Å². The van der Waals surface area contributed by atoms with Gasteiger partial charge in [0.15, 0.2) is 0 Å². The molecule has 6 heteroatoms. The Hall–Kier alpha value is -1.17. The van der Waals surface area contributed by atoms with E-state index in [9.17, 15) is 0 Å². The quantitative estimate of drug-likeness (QED) is 0.524. The Morgan fingerprint density at radius 1 is 1.37 bits per heavy atom. The molecule has 0 aliphatic heterocycles. The summed E-state index contributed by atoms with van der Waals surface area (Å²) >= 11 is 6.03. The van der Waals surface area contributed by atoms with E-state index in [4.69, 9.17) is 27.2 Å². The van der Waals surface area contributed by atoms with Gasteiger partial charge in [-0.3, -0.25) is 0 Å². The molecule has 0 radical (unpaired) electrons. The molecule has 1 aromatic carbocycles. The number of nitrogens with one attached hydrogen (secondary N) is 1. The zero-order valence-corrected chi connectivity index (χ0v) is 12.5. The average molecular weight is 289 g/mol. The Balaban J connectivity index is 2.71. The fourth-order valence-corrected chi connectivity index (χ4v) is 1.74. The molecule has 0 saturated heterocycles. The maximum absolute atomic E-state index is 8.76. The van der Waals surface area contributed by atoms with Crippen molar-refractivity contribution in [2.24, 2.45) is 0 Å². The van der Waals surface area contributed by atoms with Gasteiger partial charge >= 0.3 is 0 Å². The van der Waals surface area contributed by atoms with Crippen LogP contribution in [0.25, 0.3) is 0 Å². The first kappa shape index (κ1) is 15.9. The number of hydrogen-bond acceptors (Lipinski definition) is 4. The number of quaternary nitrogens is 1. The van der Waals surface area contributed by atoms with Crippen molar-refractivity contribution in [3.8, 4) is 5.75 Å². The average Bonchev–Trinajstić information content (AvgIpc) is 2.29. The molecule has 0 fully saturated rings. The van der Waals surface area contributed by atoms with Gasteiger partial charge in [-0.1, -0.05) is 11.6 Å². The molecule has 0 amide bonds. The van der Waals surface area contributed by atoms with Crippen LogP contribution in [-0.4, -0.2) is 57.0 Å². The zero-order valence-electron chi connectivity index (χ0n) is 11.7. The molecule has 0 aliphatic carbocycles. The molecule has 0 unspecified atom stereocenters. The molecule has 0 aliphatic rings. The van der Waals surface area contributed by atoms with E-state index in [-0.39, 0.29) is 13.2 Å². The third kappa shape index (κ3) is 5.55. The summed E-state index contributed by atoms with van der Waals surface area (Å²) < 4.78 is 6.22. The van der Waals surface area contributed by atoms with E-state index in [1.54, 1.807) is 12.1 Å². The number of halogens is 1. The minimum absolute atomic E-state index is 0.0506. The van der Waals surface area contributed by atoms with Crippen molar-refractivity contribution in [3.63, 3.8) is 0 Å². The first-order valence-corrected chi connectivity index (χ1v) is 6.58. The van der Waals surface area contributed by atoms with Crippen molar-refractivity contribution in [1.29, 1.82) is 0 Å². The highest BCUT2D eigenvalue weighted by atomic mass is 35.5. The highest BCUT2D eigenvalue weighted by Gasteiger charge is 2.10. The number of aliphatic hydroxyl groups excluding tert-OH is 1. The predicted octanol–water partition coefficient (Wildman–Crippen LogP) is 1.41. The molecule has 1 aromatic rings. The number of likely N-dealkylation sites (N-methyl/N-ethyl adjacent to an activating group) is 1. The monoisotopic (exact) mass is 288 g/mol. The van der Waals surface area contributed by atoms with Crippen LogP contribution in [0.15, 0.2) is 12.1 Å². The van der Waals surface area contributed by atoms with E-state index < -0.39 is 0 Å². The van der Waals surface area contributed by atoms with Gasteiger partial charge in [-0.2, -0.15) is 0 Å². The fourth-order valence-electron chi connectivity index (χ4n) is 1.51. The highest BCUT2D eigenvalue weighted by molar-refractivity contribution is 6.32. The van der Waals surface area contributed by atoms with Crippen LogP contribution in [0.2, 0.25) is 5.02 Å². The second kappa shape index (κ2) is 6.84. The van der Waals surface area contributed by atoms with Gasteiger partial charge in [0.1, 0.15) is 12.4 Å². The van der Waals surface area contributed by atoms with Crippen LogP contribution in [0.3, 0.4) is 0 Å². The highest BCUT2D eigenvalue weighted by Crippen LogP contribution is 2.32. The SMILES string of the molecule is C[N+](C)(C)CCNc1cc(OCCO)c(Cl)cc1N. The third-order valence-electron chi connectivity index (χ3n) is 2.55. The minimum atomic E-state index is -0.0506. The van der Waals surface area contributed by atoms with Crippen molar-refractivity contribution in [1.82, 2.24) is 0 Å². The molecule has 4 N–H and O–H groups in total. The molecule has 1 rings (SSSR count). The van der Waals surface area contributed by atoms with Gasteiger partial charge in [0.05, 0.1) is 57.2 Å². The fraction of sp³-hybridized carbons (Fsp3) is 0.538. The predicted molar refractivity (Wildman–Crippen MR) is 79.8 cm³/mol. The summed E-state index contributed by atoms with van der Waals surface area (Å²) in [6.07, 6.45) is 0. The molecular weight excluding hydrogens is 266 g/mol. The van der Waals surface area contributed by atoms with E-state index in [0.29, 0.717) is 16.5 Å². The number of nitrogens with zero attached hydrogens (tertiary/aromatic N) is 1. The van der Waals surface area contributed by atoms with E-state index in [1.165, 1.54) is 0 Å². The van der Waals surface area contributed by atoms with Crippen LogP contribution >= 0.6 is 11.6 Å². The molecule has 0 atom stereocenters. The summed E-state index contributed by atoms with van der Waals surface area (Å²) in [5.41, 5.74) is 7.29. The largest absolute Gasteiger partial charge is 0.490 e. The van der Waals surface area contributed by atoms with Crippen LogP contribution in [0.4, 0.5) is 11.4 Å². The third-order valence-corrected chi connectivity index (χ3v) is 2.85. The maximum atomic E-state index is 8.76. The Bertz CT molecular complexity index is 419. The van der Waals surface area contributed by atoms with E-state index in [1.807, 2.05) is 0 Å². The normalized spacial score (nSPS) is 11.4. The lowest BCUT2D eigenvalue weighted by Gasteiger charge is -2.24. The molecule has 5 nitrogen and oxygen atoms in total. The minimum Gasteiger partial charge on any atom is -0.490 e. The Morgan fingerprint density at radius 3 is 2.63 bits per heavy atom. The van der Waals surface area contributed by atoms with Crippen LogP contribution < -0.4 is 15.8 Å². The van der Waals surface area contributed by atoms with Gasteiger partial charge < -0.3 is 25.4 Å². The smallest absolute Gasteiger partial charge is 0.140 e. The van der Waals surface area contributed by atoms with E-state index >= 15 is 0 Å². The van der Waals surface area contributed by atoms with Crippen LogP contribution in [0.1, 0.15) is 0 Å². The van der Waals surface area contributed by atoms with E-state index in [2.05, 4.69) is 26.5 Å². The number of aliphatic hydroxyl groups is 1. The standard InChI is InChI=1S/C13H23ClN3O2/c1-17(2,3)5-4-16-12-9-13(19-7-6-18)10(14)8-11(12)15/h8-9,16,18H,4-7,15H2,1-3H3/q+1. The Labute approximate surface area is 119 Å². The molecule has 0 heterocycles. The van der Waals surface area contributed by atoms with Crippen LogP contribution in [0.5, 0.6) is 5.75 Å². The summed E-state index contributed by atoms with van der Waals surface area (Å²) in [6, 6.07) is 3.42. The molecule has 0 spiro atoms. The lowest BCUT2D eigenvalue weighted by molar-refractivity contribution is -0.868. The second-order valence-corrected chi connectivity index (χ2v) is 5.79. The van der Waals surface area contributed by atoms with E-state index in [0.717, 1.165) is 23.3 Å². The first-order valence-electron chi connectivity index (χ1n) is 6.20. The van der Waals surface area contributed by atoms with Crippen LogP contribution in [0, 0.1) is 0 Å². The maximum Gasteiger partial charge on any atom is 0.140 e. The van der Waals surface area contributed by atoms with Gasteiger partial charge in [-0.05, 0) is 6.07 Å². The summed E-state index contributed by atoms with van der Waals surface area (Å²) in [5, 5.41) is 12.5. The number of ether oxygens (including phenoxy) is 1. The molecule has 0 saturated carbocycles.